The van der Waals surface area contributed by atoms with Gasteiger partial charge in [0, 0.05) is 39.1 Å². The van der Waals surface area contributed by atoms with Crippen LogP contribution in [-0.4, -0.2) is 65.6 Å². The van der Waals surface area contributed by atoms with Gasteiger partial charge in [-0.2, -0.15) is 13.2 Å². The number of halogens is 3. The van der Waals surface area contributed by atoms with E-state index < -0.39 is 16.6 Å². The molecule has 1 amide bonds. The van der Waals surface area contributed by atoms with E-state index in [0.29, 0.717) is 50.5 Å². The van der Waals surface area contributed by atoms with Crippen molar-refractivity contribution < 1.29 is 27.5 Å². The Morgan fingerprint density at radius 1 is 0.822 bits per heavy atom. The molecule has 1 aromatic carbocycles. The highest BCUT2D eigenvalue weighted by molar-refractivity contribution is 7.16. The van der Waals surface area contributed by atoms with Crippen LogP contribution in [0.5, 0.6) is 0 Å². The molecule has 1 saturated heterocycles. The molecule has 0 atom stereocenters. The van der Waals surface area contributed by atoms with Crippen molar-refractivity contribution in [2.24, 2.45) is 0 Å². The van der Waals surface area contributed by atoms with Gasteiger partial charge in [0.15, 0.2) is 0 Å². The molecule has 254 valence electrons. The van der Waals surface area contributed by atoms with Crippen LogP contribution in [0.4, 0.5) is 13.2 Å². The normalized spacial score (nSPS) is 14.4. The molecule has 0 unspecified atom stereocenters. The first-order valence-electron chi connectivity index (χ1n) is 17.1. The standard InChI is InChI=1S/C34H52F3N3O4S/c1-2-3-4-5-6-7-8-9-10-11-12-13-14-15-16-17-32(42)44-25-24-38-20-22-39(23-21-38)31(41)27-40-29-26-28(34(35,36)37)18-19-30(29)45-33(40)43/h18-19,26H,2-17,20-25,27H2,1H3. The molecule has 2 heterocycles. The van der Waals surface area contributed by atoms with Gasteiger partial charge < -0.3 is 9.64 Å². The molecule has 0 saturated carbocycles. The fourth-order valence-electron chi connectivity index (χ4n) is 5.85. The number of amides is 1. The third kappa shape index (κ3) is 13.5. The van der Waals surface area contributed by atoms with Crippen LogP contribution in [-0.2, 0) is 27.0 Å². The molecule has 0 bridgehead atoms. The first-order valence-corrected chi connectivity index (χ1v) is 17.9. The number of thiazole rings is 1. The van der Waals surface area contributed by atoms with Crippen molar-refractivity contribution in [2.45, 2.75) is 122 Å². The van der Waals surface area contributed by atoms with E-state index in [2.05, 4.69) is 11.8 Å². The molecule has 1 aromatic heterocycles. The summed E-state index contributed by atoms with van der Waals surface area (Å²) in [6.45, 7) is 4.93. The van der Waals surface area contributed by atoms with Crippen molar-refractivity contribution in [3.63, 3.8) is 0 Å². The zero-order valence-corrected chi connectivity index (χ0v) is 27.8. The first kappa shape index (κ1) is 37.1. The number of rotatable bonds is 21. The first-order chi connectivity index (χ1) is 21.7. The van der Waals surface area contributed by atoms with E-state index in [1.54, 1.807) is 4.90 Å². The van der Waals surface area contributed by atoms with Gasteiger partial charge in [0.05, 0.1) is 15.8 Å². The fourth-order valence-corrected chi connectivity index (χ4v) is 6.72. The number of alkyl halides is 3. The summed E-state index contributed by atoms with van der Waals surface area (Å²) in [5.74, 6) is -0.468. The number of aromatic nitrogens is 1. The monoisotopic (exact) mass is 655 g/mol. The summed E-state index contributed by atoms with van der Waals surface area (Å²) in [6.07, 6.45) is 15.2. The van der Waals surface area contributed by atoms with Crippen molar-refractivity contribution >= 4 is 33.4 Å². The van der Waals surface area contributed by atoms with Crippen molar-refractivity contribution in [3.8, 4) is 0 Å². The second kappa shape index (κ2) is 20.0. The molecule has 0 spiro atoms. The van der Waals surface area contributed by atoms with Gasteiger partial charge in [-0.3, -0.25) is 23.9 Å². The van der Waals surface area contributed by atoms with E-state index >= 15 is 0 Å². The Hall–Kier alpha value is -2.40. The lowest BCUT2D eigenvalue weighted by Crippen LogP contribution is -2.50. The van der Waals surface area contributed by atoms with Crippen molar-refractivity contribution in [2.75, 3.05) is 39.3 Å². The molecule has 1 aliphatic heterocycles. The number of ether oxygens (including phenoxy) is 1. The minimum atomic E-state index is -4.53. The Morgan fingerprint density at radius 3 is 1.93 bits per heavy atom. The van der Waals surface area contributed by atoms with Gasteiger partial charge in [0.1, 0.15) is 13.2 Å². The molecule has 1 fully saturated rings. The summed E-state index contributed by atoms with van der Waals surface area (Å²) < 4.78 is 46.5. The molecular formula is C34H52F3N3O4S. The van der Waals surface area contributed by atoms with E-state index in [9.17, 15) is 27.6 Å². The van der Waals surface area contributed by atoms with Crippen LogP contribution in [0.3, 0.4) is 0 Å². The minimum absolute atomic E-state index is 0.123. The maximum atomic E-state index is 13.2. The zero-order chi connectivity index (χ0) is 32.5. The van der Waals surface area contributed by atoms with Gasteiger partial charge in [-0.25, -0.2) is 0 Å². The number of unbranched alkanes of at least 4 members (excludes halogenated alkanes) is 14. The van der Waals surface area contributed by atoms with Gasteiger partial charge in [0.25, 0.3) is 0 Å². The van der Waals surface area contributed by atoms with Crippen LogP contribution in [0.15, 0.2) is 23.0 Å². The third-order valence-corrected chi connectivity index (χ3v) is 9.63. The molecule has 2 aromatic rings. The number of carbonyl (C=O) groups excluding carboxylic acids is 2. The van der Waals surface area contributed by atoms with Gasteiger partial charge in [-0.15, -0.1) is 0 Å². The molecular weight excluding hydrogens is 603 g/mol. The van der Waals surface area contributed by atoms with Crippen molar-refractivity contribution in [1.82, 2.24) is 14.4 Å². The largest absolute Gasteiger partial charge is 0.464 e. The molecule has 0 aliphatic carbocycles. The Labute approximate surface area is 270 Å². The summed E-state index contributed by atoms with van der Waals surface area (Å²) in [5.41, 5.74) is -0.726. The number of fused-ring (bicyclic) bond motifs is 1. The van der Waals surface area contributed by atoms with Crippen molar-refractivity contribution in [1.29, 1.82) is 0 Å². The van der Waals surface area contributed by atoms with Crippen LogP contribution in [0.25, 0.3) is 10.2 Å². The summed E-state index contributed by atoms with van der Waals surface area (Å²) in [6, 6.07) is 3.15. The highest BCUT2D eigenvalue weighted by Crippen LogP contribution is 2.32. The average Bonchev–Trinajstić information content (AvgIpc) is 3.32. The number of piperazine rings is 1. The number of benzene rings is 1. The fraction of sp³-hybridized carbons (Fsp3) is 0.735. The summed E-state index contributed by atoms with van der Waals surface area (Å²) >= 11 is 0.832. The SMILES string of the molecule is CCCCCCCCCCCCCCCCCC(=O)OCCN1CCN(C(=O)Cn2c(=O)sc3ccc(C(F)(F)F)cc32)CC1. The number of hydrogen-bond donors (Lipinski definition) is 0. The highest BCUT2D eigenvalue weighted by atomic mass is 32.1. The van der Waals surface area contributed by atoms with Crippen LogP contribution in [0.1, 0.15) is 115 Å². The average molecular weight is 656 g/mol. The summed E-state index contributed by atoms with van der Waals surface area (Å²) in [7, 11) is 0. The van der Waals surface area contributed by atoms with Crippen LogP contribution in [0, 0.1) is 0 Å². The maximum absolute atomic E-state index is 13.2. The lowest BCUT2D eigenvalue weighted by Gasteiger charge is -2.34. The van der Waals surface area contributed by atoms with E-state index in [0.717, 1.165) is 40.9 Å². The quantitative estimate of drug-likeness (QED) is 0.101. The van der Waals surface area contributed by atoms with E-state index in [1.165, 1.54) is 89.5 Å². The molecule has 7 nitrogen and oxygen atoms in total. The minimum Gasteiger partial charge on any atom is -0.464 e. The molecule has 0 N–H and O–H groups in total. The Bertz CT molecular complexity index is 1220. The third-order valence-electron chi connectivity index (χ3n) is 8.67. The molecule has 1 aliphatic rings. The predicted octanol–water partition coefficient (Wildman–Crippen LogP) is 8.03. The van der Waals surface area contributed by atoms with E-state index in [4.69, 9.17) is 4.74 Å². The Balaban J connectivity index is 1.19. The number of carbonyl (C=O) groups is 2. The number of esters is 1. The molecule has 3 rings (SSSR count). The maximum Gasteiger partial charge on any atom is 0.416 e. The van der Waals surface area contributed by atoms with Gasteiger partial charge in [0.2, 0.25) is 5.91 Å². The topological polar surface area (TPSA) is 71.8 Å². The second-order valence-corrected chi connectivity index (χ2v) is 13.3. The summed E-state index contributed by atoms with van der Waals surface area (Å²) in [4.78, 5) is 40.7. The summed E-state index contributed by atoms with van der Waals surface area (Å²) in [5, 5.41) is 0. The highest BCUT2D eigenvalue weighted by Gasteiger charge is 2.31. The van der Waals surface area contributed by atoms with Gasteiger partial charge in [-0.05, 0) is 24.6 Å². The smallest absolute Gasteiger partial charge is 0.416 e. The molecule has 11 heteroatoms. The Kier molecular flexibility index (Phi) is 16.4. The lowest BCUT2D eigenvalue weighted by molar-refractivity contribution is -0.144. The van der Waals surface area contributed by atoms with E-state index in [1.807, 2.05) is 0 Å². The van der Waals surface area contributed by atoms with E-state index in [-0.39, 0.29) is 23.9 Å². The predicted molar refractivity (Wildman–Crippen MR) is 175 cm³/mol. The van der Waals surface area contributed by atoms with Crippen LogP contribution >= 0.6 is 11.3 Å². The molecule has 45 heavy (non-hydrogen) atoms. The zero-order valence-electron chi connectivity index (χ0n) is 27.0. The Morgan fingerprint density at radius 2 is 1.38 bits per heavy atom. The van der Waals surface area contributed by atoms with Gasteiger partial charge >= 0.3 is 17.0 Å². The van der Waals surface area contributed by atoms with Crippen LogP contribution in [0.2, 0.25) is 0 Å². The molecule has 0 radical (unpaired) electrons. The number of nitrogens with zero attached hydrogens (tertiary/aromatic N) is 3. The van der Waals surface area contributed by atoms with Crippen molar-refractivity contribution in [3.05, 3.63) is 33.4 Å². The number of hydrogen-bond acceptors (Lipinski definition) is 6. The second-order valence-electron chi connectivity index (χ2n) is 12.3. The lowest BCUT2D eigenvalue weighted by atomic mass is 10.0. The van der Waals surface area contributed by atoms with Crippen LogP contribution < -0.4 is 4.87 Å². The van der Waals surface area contributed by atoms with Gasteiger partial charge in [-0.1, -0.05) is 108 Å².